The van der Waals surface area contributed by atoms with Crippen molar-refractivity contribution < 1.29 is 8.42 Å². The Labute approximate surface area is 112 Å². The molecule has 18 heavy (non-hydrogen) atoms. The molecule has 5 heteroatoms. The second kappa shape index (κ2) is 6.87. The van der Waals surface area contributed by atoms with Crippen LogP contribution < -0.4 is 10.0 Å². The van der Waals surface area contributed by atoms with Gasteiger partial charge in [-0.3, -0.25) is 0 Å². The molecule has 0 heterocycles. The van der Waals surface area contributed by atoms with Gasteiger partial charge >= 0.3 is 0 Å². The maximum Gasteiger partial charge on any atom is 0.211 e. The van der Waals surface area contributed by atoms with E-state index in [2.05, 4.69) is 30.8 Å². The maximum atomic E-state index is 11.9. The number of hydrogen-bond acceptors (Lipinski definition) is 3. The van der Waals surface area contributed by atoms with E-state index in [0.717, 1.165) is 45.2 Å². The highest BCUT2D eigenvalue weighted by Crippen LogP contribution is 2.37. The van der Waals surface area contributed by atoms with Crippen molar-refractivity contribution in [3.63, 3.8) is 0 Å². The second-order valence-corrected chi connectivity index (χ2v) is 7.97. The molecule has 0 amide bonds. The summed E-state index contributed by atoms with van der Waals surface area (Å²) >= 11 is 0. The predicted molar refractivity (Wildman–Crippen MR) is 76.1 cm³/mol. The zero-order valence-corrected chi connectivity index (χ0v) is 12.8. The van der Waals surface area contributed by atoms with E-state index in [4.69, 9.17) is 0 Å². The first-order valence-corrected chi connectivity index (χ1v) is 8.70. The molecule has 0 aromatic carbocycles. The summed E-state index contributed by atoms with van der Waals surface area (Å²) in [5.41, 5.74) is 0.290. The lowest BCUT2D eigenvalue weighted by Gasteiger charge is -2.17. The molecule has 0 bridgehead atoms. The van der Waals surface area contributed by atoms with Crippen molar-refractivity contribution in [2.45, 2.75) is 58.9 Å². The molecule has 1 aliphatic carbocycles. The van der Waals surface area contributed by atoms with Crippen LogP contribution in [0.4, 0.5) is 0 Å². The molecular formula is C13H28N2O2S. The van der Waals surface area contributed by atoms with E-state index in [0.29, 0.717) is 0 Å². The molecule has 4 nitrogen and oxygen atoms in total. The first-order valence-electron chi connectivity index (χ1n) is 7.05. The molecule has 1 rings (SSSR count). The van der Waals surface area contributed by atoms with Gasteiger partial charge in [0.1, 0.15) is 0 Å². The van der Waals surface area contributed by atoms with Gasteiger partial charge in [-0.15, -0.1) is 0 Å². The van der Waals surface area contributed by atoms with Crippen molar-refractivity contribution >= 4 is 10.0 Å². The molecule has 108 valence electrons. The molecule has 1 saturated carbocycles. The lowest BCUT2D eigenvalue weighted by Crippen LogP contribution is -2.35. The summed E-state index contributed by atoms with van der Waals surface area (Å²) in [6.07, 6.45) is 4.71. The van der Waals surface area contributed by atoms with Gasteiger partial charge in [0.05, 0.1) is 5.75 Å². The standard InChI is InChI=1S/C13H28N2O2S/c1-4-14-9-5-6-10-18(16,17)15-12-7-8-13(2,3)11-12/h12,14-15H,4-11H2,1-3H3. The summed E-state index contributed by atoms with van der Waals surface area (Å²) in [6, 6.07) is 0.152. The molecule has 0 aromatic heterocycles. The number of rotatable bonds is 8. The van der Waals surface area contributed by atoms with Crippen molar-refractivity contribution in [3.05, 3.63) is 0 Å². The van der Waals surface area contributed by atoms with Gasteiger partial charge in [-0.05, 0) is 50.6 Å². The van der Waals surface area contributed by atoms with Gasteiger partial charge in [0.2, 0.25) is 10.0 Å². The van der Waals surface area contributed by atoms with E-state index in [1.165, 1.54) is 0 Å². The molecule has 0 radical (unpaired) electrons. The molecule has 0 spiro atoms. The van der Waals surface area contributed by atoms with Crippen LogP contribution in [-0.2, 0) is 10.0 Å². The smallest absolute Gasteiger partial charge is 0.211 e. The Morgan fingerprint density at radius 3 is 2.56 bits per heavy atom. The SMILES string of the molecule is CCNCCCCS(=O)(=O)NC1CCC(C)(C)C1. The zero-order chi connectivity index (χ0) is 13.6. The zero-order valence-electron chi connectivity index (χ0n) is 12.0. The van der Waals surface area contributed by atoms with Crippen molar-refractivity contribution in [2.75, 3.05) is 18.8 Å². The average Bonchev–Trinajstić information content (AvgIpc) is 2.56. The van der Waals surface area contributed by atoms with Gasteiger partial charge in [0, 0.05) is 6.04 Å². The van der Waals surface area contributed by atoms with Crippen molar-refractivity contribution in [3.8, 4) is 0 Å². The minimum atomic E-state index is -3.08. The quantitative estimate of drug-likeness (QED) is 0.665. The average molecular weight is 276 g/mol. The molecule has 0 saturated heterocycles. The summed E-state index contributed by atoms with van der Waals surface area (Å²) < 4.78 is 26.7. The molecule has 1 fully saturated rings. The van der Waals surface area contributed by atoms with Crippen LogP contribution in [0.3, 0.4) is 0 Å². The summed E-state index contributed by atoms with van der Waals surface area (Å²) in [5, 5.41) is 3.20. The van der Waals surface area contributed by atoms with Gasteiger partial charge in [-0.25, -0.2) is 13.1 Å². The lowest BCUT2D eigenvalue weighted by molar-refractivity contribution is 0.372. The third-order valence-corrected chi connectivity index (χ3v) is 5.10. The minimum absolute atomic E-state index is 0.152. The summed E-state index contributed by atoms with van der Waals surface area (Å²) in [4.78, 5) is 0. The fraction of sp³-hybridized carbons (Fsp3) is 1.00. The van der Waals surface area contributed by atoms with Crippen LogP contribution in [0.2, 0.25) is 0 Å². The minimum Gasteiger partial charge on any atom is -0.317 e. The van der Waals surface area contributed by atoms with E-state index in [1.807, 2.05) is 0 Å². The van der Waals surface area contributed by atoms with E-state index in [1.54, 1.807) is 0 Å². The highest BCUT2D eigenvalue weighted by Gasteiger charge is 2.32. The van der Waals surface area contributed by atoms with Crippen LogP contribution in [0.25, 0.3) is 0 Å². The Kier molecular flexibility index (Phi) is 6.08. The van der Waals surface area contributed by atoms with Gasteiger partial charge in [0.25, 0.3) is 0 Å². The molecule has 0 aliphatic heterocycles. The van der Waals surface area contributed by atoms with Crippen LogP contribution in [0.15, 0.2) is 0 Å². The molecule has 1 atom stereocenters. The summed E-state index contributed by atoms with van der Waals surface area (Å²) in [6.45, 7) is 8.32. The van der Waals surface area contributed by atoms with Gasteiger partial charge in [0.15, 0.2) is 0 Å². The van der Waals surface area contributed by atoms with E-state index in [-0.39, 0.29) is 17.2 Å². The predicted octanol–water partition coefficient (Wildman–Crippen LogP) is 1.87. The van der Waals surface area contributed by atoms with E-state index < -0.39 is 10.0 Å². The van der Waals surface area contributed by atoms with Crippen LogP contribution >= 0.6 is 0 Å². The Hall–Kier alpha value is -0.130. The topological polar surface area (TPSA) is 58.2 Å². The number of hydrogen-bond donors (Lipinski definition) is 2. The molecule has 1 unspecified atom stereocenters. The summed E-state index contributed by atoms with van der Waals surface area (Å²) in [5.74, 6) is 0.259. The monoisotopic (exact) mass is 276 g/mol. The lowest BCUT2D eigenvalue weighted by atomic mass is 9.92. The Balaban J connectivity index is 2.24. The van der Waals surface area contributed by atoms with Crippen LogP contribution in [0.5, 0.6) is 0 Å². The third kappa shape index (κ3) is 6.16. The van der Waals surface area contributed by atoms with Crippen LogP contribution in [-0.4, -0.2) is 33.3 Å². The first-order chi connectivity index (χ1) is 8.35. The van der Waals surface area contributed by atoms with E-state index >= 15 is 0 Å². The first kappa shape index (κ1) is 15.9. The molecule has 2 N–H and O–H groups in total. The highest BCUT2D eigenvalue weighted by molar-refractivity contribution is 7.89. The third-order valence-electron chi connectivity index (χ3n) is 3.58. The van der Waals surface area contributed by atoms with Crippen molar-refractivity contribution in [1.29, 1.82) is 0 Å². The second-order valence-electron chi connectivity index (χ2n) is 6.10. The van der Waals surface area contributed by atoms with Gasteiger partial charge in [-0.2, -0.15) is 0 Å². The summed E-state index contributed by atoms with van der Waals surface area (Å²) in [7, 11) is -3.08. The number of nitrogens with one attached hydrogen (secondary N) is 2. The normalized spacial score (nSPS) is 23.4. The van der Waals surface area contributed by atoms with E-state index in [9.17, 15) is 8.42 Å². The van der Waals surface area contributed by atoms with Crippen molar-refractivity contribution in [1.82, 2.24) is 10.0 Å². The largest absolute Gasteiger partial charge is 0.317 e. The Morgan fingerprint density at radius 1 is 1.28 bits per heavy atom. The Bertz CT molecular complexity index is 339. The molecular weight excluding hydrogens is 248 g/mol. The van der Waals surface area contributed by atoms with Crippen LogP contribution in [0, 0.1) is 5.41 Å². The number of unbranched alkanes of at least 4 members (excludes halogenated alkanes) is 1. The fourth-order valence-corrected chi connectivity index (χ4v) is 3.98. The molecule has 1 aliphatic rings. The number of sulfonamides is 1. The van der Waals surface area contributed by atoms with Crippen LogP contribution in [0.1, 0.15) is 52.9 Å². The fourth-order valence-electron chi connectivity index (χ4n) is 2.57. The molecule has 0 aromatic rings. The Morgan fingerprint density at radius 2 is 2.00 bits per heavy atom. The van der Waals surface area contributed by atoms with Crippen molar-refractivity contribution in [2.24, 2.45) is 5.41 Å². The van der Waals surface area contributed by atoms with Gasteiger partial charge in [-0.1, -0.05) is 20.8 Å². The highest BCUT2D eigenvalue weighted by atomic mass is 32.2. The maximum absolute atomic E-state index is 11.9. The van der Waals surface area contributed by atoms with Gasteiger partial charge < -0.3 is 5.32 Å².